The third kappa shape index (κ3) is 1.88. The van der Waals surface area contributed by atoms with Crippen molar-refractivity contribution in [2.45, 2.75) is 0 Å². The Morgan fingerprint density at radius 3 is 2.69 bits per heavy atom. The number of rotatable bonds is 0. The van der Waals surface area contributed by atoms with Gasteiger partial charge in [-0.25, -0.2) is 0 Å². The van der Waals surface area contributed by atoms with E-state index < -0.39 is 0 Å². The maximum Gasteiger partial charge on any atom is 0.117 e. The molecule has 1 heterocycles. The molecule has 0 aliphatic carbocycles. The summed E-state index contributed by atoms with van der Waals surface area (Å²) in [5.41, 5.74) is 0.943. The van der Waals surface area contributed by atoms with E-state index in [0.717, 1.165) is 18.0 Å². The first-order valence-electron chi connectivity index (χ1n) is 3.60. The van der Waals surface area contributed by atoms with Crippen molar-refractivity contribution in [3.8, 4) is 5.75 Å². The normalized spacial score (nSPS) is 10.6. The molecule has 0 fully saturated rings. The molecule has 0 amide bonds. The second kappa shape index (κ2) is 3.56. The average Bonchev–Trinajstić information content (AvgIpc) is 2.02. The zero-order chi connectivity index (χ0) is 9.42. The number of nitrogens with zero attached hydrogens (tertiary/aromatic N) is 1. The molecule has 1 aromatic carbocycles. The van der Waals surface area contributed by atoms with E-state index in [1.54, 1.807) is 12.1 Å². The third-order valence-electron chi connectivity index (χ3n) is 1.69. The number of phenolic OH excluding ortho intramolecular Hbond substituents is 1. The zero-order valence-corrected chi connectivity index (χ0v) is 10.8. The van der Waals surface area contributed by atoms with Crippen molar-refractivity contribution in [1.82, 2.24) is 4.98 Å². The number of hydrogen-bond donors (Lipinski definition) is 1. The zero-order valence-electron chi connectivity index (χ0n) is 6.46. The van der Waals surface area contributed by atoms with Crippen LogP contribution in [0, 0.1) is 7.14 Å². The van der Waals surface area contributed by atoms with Gasteiger partial charge in [-0.05, 0) is 63.4 Å². The Morgan fingerprint density at radius 1 is 1.15 bits per heavy atom. The molecule has 0 unspecified atom stereocenters. The van der Waals surface area contributed by atoms with Gasteiger partial charge in [0.05, 0.1) is 5.52 Å². The molecular weight excluding hydrogens is 392 g/mol. The number of phenols is 1. The monoisotopic (exact) mass is 397 g/mol. The summed E-state index contributed by atoms with van der Waals surface area (Å²) in [6.07, 6.45) is 1.82. The standard InChI is InChI=1S/C9H5I2NO/c10-6-1-5-2-7(13)3-8(11)9(5)12-4-6/h1-4,13H. The fourth-order valence-electron chi connectivity index (χ4n) is 1.16. The van der Waals surface area contributed by atoms with Gasteiger partial charge in [0.25, 0.3) is 0 Å². The maximum absolute atomic E-state index is 9.37. The molecular formula is C9H5I2NO. The van der Waals surface area contributed by atoms with E-state index >= 15 is 0 Å². The number of benzene rings is 1. The summed E-state index contributed by atoms with van der Waals surface area (Å²) in [6.45, 7) is 0. The highest BCUT2D eigenvalue weighted by atomic mass is 127. The van der Waals surface area contributed by atoms with Crippen LogP contribution < -0.4 is 0 Å². The van der Waals surface area contributed by atoms with Gasteiger partial charge in [-0.15, -0.1) is 0 Å². The van der Waals surface area contributed by atoms with Crippen molar-refractivity contribution >= 4 is 56.1 Å². The molecule has 66 valence electrons. The van der Waals surface area contributed by atoms with Crippen molar-refractivity contribution in [2.24, 2.45) is 0 Å². The molecule has 0 saturated carbocycles. The lowest BCUT2D eigenvalue weighted by atomic mass is 10.2. The Hall–Kier alpha value is -0.110. The molecule has 0 spiro atoms. The first-order valence-corrected chi connectivity index (χ1v) is 5.76. The topological polar surface area (TPSA) is 33.1 Å². The van der Waals surface area contributed by atoms with Gasteiger partial charge in [-0.1, -0.05) is 0 Å². The number of hydrogen-bond acceptors (Lipinski definition) is 2. The minimum absolute atomic E-state index is 0.292. The highest BCUT2D eigenvalue weighted by Crippen LogP contribution is 2.25. The Bertz CT molecular complexity index is 465. The second-order valence-electron chi connectivity index (χ2n) is 2.65. The summed E-state index contributed by atoms with van der Waals surface area (Å²) in [4.78, 5) is 4.30. The fraction of sp³-hybridized carbons (Fsp3) is 0. The predicted molar refractivity (Wildman–Crippen MR) is 68.8 cm³/mol. The van der Waals surface area contributed by atoms with Gasteiger partial charge >= 0.3 is 0 Å². The first-order chi connectivity index (χ1) is 6.16. The number of aromatic hydroxyl groups is 1. The molecule has 4 heteroatoms. The van der Waals surface area contributed by atoms with Gasteiger partial charge in [-0.2, -0.15) is 0 Å². The molecule has 0 aliphatic rings. The van der Waals surface area contributed by atoms with Crippen molar-refractivity contribution in [3.63, 3.8) is 0 Å². The smallest absolute Gasteiger partial charge is 0.117 e. The van der Waals surface area contributed by atoms with E-state index in [0.29, 0.717) is 5.75 Å². The van der Waals surface area contributed by atoms with Crippen LogP contribution in [-0.4, -0.2) is 10.1 Å². The van der Waals surface area contributed by atoms with Gasteiger partial charge in [0.15, 0.2) is 0 Å². The van der Waals surface area contributed by atoms with Crippen molar-refractivity contribution in [2.75, 3.05) is 0 Å². The Balaban J connectivity index is 2.86. The molecule has 2 aromatic rings. The van der Waals surface area contributed by atoms with Gasteiger partial charge in [0.2, 0.25) is 0 Å². The largest absolute Gasteiger partial charge is 0.508 e. The van der Waals surface area contributed by atoms with Crippen LogP contribution in [0.25, 0.3) is 10.9 Å². The lowest BCUT2D eigenvalue weighted by Gasteiger charge is -2.01. The molecule has 0 saturated heterocycles. The van der Waals surface area contributed by atoms with E-state index in [9.17, 15) is 5.11 Å². The number of aromatic nitrogens is 1. The van der Waals surface area contributed by atoms with E-state index in [1.165, 1.54) is 0 Å². The van der Waals surface area contributed by atoms with Crippen molar-refractivity contribution in [3.05, 3.63) is 31.5 Å². The molecule has 2 nitrogen and oxygen atoms in total. The van der Waals surface area contributed by atoms with Crippen LogP contribution in [0.4, 0.5) is 0 Å². The quantitative estimate of drug-likeness (QED) is 0.694. The summed E-state index contributed by atoms with van der Waals surface area (Å²) in [7, 11) is 0. The molecule has 0 bridgehead atoms. The Kier molecular flexibility index (Phi) is 2.59. The predicted octanol–water partition coefficient (Wildman–Crippen LogP) is 3.15. The van der Waals surface area contributed by atoms with Crippen LogP contribution in [0.15, 0.2) is 24.4 Å². The van der Waals surface area contributed by atoms with Crippen LogP contribution in [0.5, 0.6) is 5.75 Å². The number of fused-ring (bicyclic) bond motifs is 1. The summed E-state index contributed by atoms with van der Waals surface area (Å²) >= 11 is 4.38. The van der Waals surface area contributed by atoms with Gasteiger partial charge in [-0.3, -0.25) is 4.98 Å². The minimum Gasteiger partial charge on any atom is -0.508 e. The Labute approximate surface area is 103 Å². The molecule has 2 rings (SSSR count). The first kappa shape index (κ1) is 9.45. The number of halogens is 2. The third-order valence-corrected chi connectivity index (χ3v) is 3.10. The molecule has 0 aliphatic heterocycles. The molecule has 0 atom stereocenters. The lowest BCUT2D eigenvalue weighted by molar-refractivity contribution is 0.476. The summed E-state index contributed by atoms with van der Waals surface area (Å²) in [6, 6.07) is 5.44. The van der Waals surface area contributed by atoms with Gasteiger partial charge in [0, 0.05) is 18.7 Å². The molecule has 13 heavy (non-hydrogen) atoms. The molecule has 1 aromatic heterocycles. The average molecular weight is 397 g/mol. The van der Waals surface area contributed by atoms with E-state index in [2.05, 4.69) is 50.2 Å². The Morgan fingerprint density at radius 2 is 1.92 bits per heavy atom. The summed E-state index contributed by atoms with van der Waals surface area (Å²) in [5, 5.41) is 10.3. The van der Waals surface area contributed by atoms with Gasteiger partial charge < -0.3 is 5.11 Å². The van der Waals surface area contributed by atoms with Crippen LogP contribution >= 0.6 is 45.2 Å². The van der Waals surface area contributed by atoms with Crippen molar-refractivity contribution in [1.29, 1.82) is 0 Å². The van der Waals surface area contributed by atoms with Gasteiger partial charge in [0.1, 0.15) is 5.75 Å². The molecule has 0 radical (unpaired) electrons. The molecule has 1 N–H and O–H groups in total. The van der Waals surface area contributed by atoms with Crippen LogP contribution in [-0.2, 0) is 0 Å². The van der Waals surface area contributed by atoms with E-state index in [-0.39, 0.29) is 0 Å². The number of pyridine rings is 1. The van der Waals surface area contributed by atoms with Crippen LogP contribution in [0.1, 0.15) is 0 Å². The summed E-state index contributed by atoms with van der Waals surface area (Å²) < 4.78 is 2.05. The highest BCUT2D eigenvalue weighted by molar-refractivity contribution is 14.1. The summed E-state index contributed by atoms with van der Waals surface area (Å²) in [5.74, 6) is 0.292. The lowest BCUT2D eigenvalue weighted by Crippen LogP contribution is -1.84. The SMILES string of the molecule is Oc1cc(I)c2ncc(I)cc2c1. The van der Waals surface area contributed by atoms with E-state index in [4.69, 9.17) is 0 Å². The van der Waals surface area contributed by atoms with E-state index in [1.807, 2.05) is 12.3 Å². The maximum atomic E-state index is 9.37. The van der Waals surface area contributed by atoms with Crippen LogP contribution in [0.3, 0.4) is 0 Å². The second-order valence-corrected chi connectivity index (χ2v) is 5.06. The van der Waals surface area contributed by atoms with Crippen LogP contribution in [0.2, 0.25) is 0 Å². The highest BCUT2D eigenvalue weighted by Gasteiger charge is 2.02. The minimum atomic E-state index is 0.292. The fourth-order valence-corrected chi connectivity index (χ4v) is 2.41. The van der Waals surface area contributed by atoms with Crippen molar-refractivity contribution < 1.29 is 5.11 Å².